The zero-order chi connectivity index (χ0) is 17.4. The number of aryl methyl sites for hydroxylation is 1. The van der Waals surface area contributed by atoms with Gasteiger partial charge in [-0.1, -0.05) is 36.4 Å². The van der Waals surface area contributed by atoms with Gasteiger partial charge in [0.15, 0.2) is 0 Å². The smallest absolute Gasteiger partial charge is 0.322 e. The van der Waals surface area contributed by atoms with Gasteiger partial charge in [0.05, 0.1) is 19.4 Å². The second-order valence-corrected chi connectivity index (χ2v) is 5.53. The fourth-order valence-electron chi connectivity index (χ4n) is 2.37. The van der Waals surface area contributed by atoms with Gasteiger partial charge in [-0.05, 0) is 30.2 Å². The summed E-state index contributed by atoms with van der Waals surface area (Å²) >= 11 is 0. The molecule has 0 atom stereocenters. The number of hydrogen-bond acceptors (Lipinski definition) is 3. The molecular formula is C19H24N2O3. The molecule has 5 heteroatoms. The van der Waals surface area contributed by atoms with E-state index in [0.717, 1.165) is 11.1 Å². The Hall–Kier alpha value is -2.53. The van der Waals surface area contributed by atoms with Crippen molar-refractivity contribution in [2.24, 2.45) is 0 Å². The number of rotatable bonds is 7. The molecule has 0 heterocycles. The van der Waals surface area contributed by atoms with Crippen LogP contribution in [0.3, 0.4) is 0 Å². The van der Waals surface area contributed by atoms with Crippen LogP contribution >= 0.6 is 0 Å². The number of methoxy groups -OCH3 is 2. The maximum absolute atomic E-state index is 12.7. The Balaban J connectivity index is 2.14. The van der Waals surface area contributed by atoms with E-state index in [-0.39, 0.29) is 6.03 Å². The quantitative estimate of drug-likeness (QED) is 0.843. The van der Waals surface area contributed by atoms with Crippen LogP contribution in [0.2, 0.25) is 0 Å². The van der Waals surface area contributed by atoms with Crippen LogP contribution in [0.4, 0.5) is 10.5 Å². The Morgan fingerprint density at radius 2 is 1.88 bits per heavy atom. The van der Waals surface area contributed by atoms with Crippen molar-refractivity contribution in [1.82, 2.24) is 4.90 Å². The Bertz CT molecular complexity index is 659. The van der Waals surface area contributed by atoms with E-state index in [2.05, 4.69) is 5.32 Å². The lowest BCUT2D eigenvalue weighted by atomic mass is 10.2. The lowest BCUT2D eigenvalue weighted by Gasteiger charge is -2.23. The van der Waals surface area contributed by atoms with Crippen LogP contribution in [0.5, 0.6) is 5.75 Å². The number of benzene rings is 2. The number of hydrogen-bond donors (Lipinski definition) is 1. The van der Waals surface area contributed by atoms with Gasteiger partial charge in [0, 0.05) is 20.2 Å². The molecular weight excluding hydrogens is 304 g/mol. The van der Waals surface area contributed by atoms with Crippen LogP contribution in [-0.4, -0.2) is 38.3 Å². The van der Waals surface area contributed by atoms with Crippen molar-refractivity contribution in [1.29, 1.82) is 0 Å². The van der Waals surface area contributed by atoms with Crippen LogP contribution in [-0.2, 0) is 11.3 Å². The lowest BCUT2D eigenvalue weighted by molar-refractivity contribution is 0.153. The summed E-state index contributed by atoms with van der Waals surface area (Å²) in [6.07, 6.45) is 0. The Labute approximate surface area is 143 Å². The van der Waals surface area contributed by atoms with Crippen molar-refractivity contribution in [3.63, 3.8) is 0 Å². The minimum atomic E-state index is -0.181. The monoisotopic (exact) mass is 328 g/mol. The van der Waals surface area contributed by atoms with E-state index in [1.54, 1.807) is 19.1 Å². The summed E-state index contributed by atoms with van der Waals surface area (Å²) in [6, 6.07) is 15.4. The first-order valence-electron chi connectivity index (χ1n) is 7.87. The van der Waals surface area contributed by atoms with Gasteiger partial charge in [-0.25, -0.2) is 4.79 Å². The van der Waals surface area contributed by atoms with Crippen LogP contribution in [0.15, 0.2) is 48.5 Å². The zero-order valence-corrected chi connectivity index (χ0v) is 14.4. The third-order valence-corrected chi connectivity index (χ3v) is 3.67. The van der Waals surface area contributed by atoms with Crippen molar-refractivity contribution in [2.75, 3.05) is 32.7 Å². The molecule has 128 valence electrons. The summed E-state index contributed by atoms with van der Waals surface area (Å²) in [5.41, 5.74) is 2.79. The molecule has 24 heavy (non-hydrogen) atoms. The predicted molar refractivity (Wildman–Crippen MR) is 95.5 cm³/mol. The van der Waals surface area contributed by atoms with E-state index >= 15 is 0 Å². The van der Waals surface area contributed by atoms with Crippen molar-refractivity contribution in [3.05, 3.63) is 59.7 Å². The van der Waals surface area contributed by atoms with E-state index in [4.69, 9.17) is 9.47 Å². The minimum absolute atomic E-state index is 0.181. The fourth-order valence-corrected chi connectivity index (χ4v) is 2.37. The molecule has 0 aliphatic carbocycles. The highest BCUT2D eigenvalue weighted by Crippen LogP contribution is 2.25. The third-order valence-electron chi connectivity index (χ3n) is 3.67. The molecule has 0 saturated heterocycles. The molecule has 0 radical (unpaired) electrons. The fraction of sp³-hybridized carbons (Fsp3) is 0.316. The molecule has 2 aromatic carbocycles. The number of carbonyl (C=O) groups is 1. The average molecular weight is 328 g/mol. The lowest BCUT2D eigenvalue weighted by Crippen LogP contribution is -2.36. The first kappa shape index (κ1) is 17.8. The second-order valence-electron chi connectivity index (χ2n) is 5.53. The highest BCUT2D eigenvalue weighted by atomic mass is 16.5. The summed E-state index contributed by atoms with van der Waals surface area (Å²) < 4.78 is 10.5. The number of anilines is 1. The number of urea groups is 1. The van der Waals surface area contributed by atoms with E-state index in [1.807, 2.05) is 55.5 Å². The Morgan fingerprint density at radius 3 is 2.54 bits per heavy atom. The molecule has 0 spiro atoms. The van der Waals surface area contributed by atoms with E-state index in [1.165, 1.54) is 0 Å². The summed E-state index contributed by atoms with van der Waals surface area (Å²) in [4.78, 5) is 14.4. The molecule has 5 nitrogen and oxygen atoms in total. The standard InChI is InChI=1S/C19H24N2O3/c1-15-9-10-18(24-3)17(13-15)20-19(22)21(11-12-23-2)14-16-7-5-4-6-8-16/h4-10,13H,11-12,14H2,1-3H3,(H,20,22). The SMILES string of the molecule is COCCN(Cc1ccccc1)C(=O)Nc1cc(C)ccc1OC. The molecule has 2 rings (SSSR count). The molecule has 0 aromatic heterocycles. The van der Waals surface area contributed by atoms with E-state index < -0.39 is 0 Å². The second kappa shape index (κ2) is 8.93. The molecule has 2 amide bonds. The summed E-state index contributed by atoms with van der Waals surface area (Å²) in [5, 5.41) is 2.94. The topological polar surface area (TPSA) is 50.8 Å². The van der Waals surface area contributed by atoms with Gasteiger partial charge in [0.1, 0.15) is 5.75 Å². The molecule has 0 aliphatic rings. The van der Waals surface area contributed by atoms with Gasteiger partial charge in [0.25, 0.3) is 0 Å². The number of ether oxygens (including phenoxy) is 2. The summed E-state index contributed by atoms with van der Waals surface area (Å²) in [5.74, 6) is 0.639. The van der Waals surface area contributed by atoms with E-state index in [9.17, 15) is 4.79 Å². The van der Waals surface area contributed by atoms with Gasteiger partial charge in [0.2, 0.25) is 0 Å². The maximum atomic E-state index is 12.7. The first-order chi connectivity index (χ1) is 11.6. The van der Waals surface area contributed by atoms with Gasteiger partial charge in [-0.2, -0.15) is 0 Å². The van der Waals surface area contributed by atoms with Crippen molar-refractivity contribution in [3.8, 4) is 5.75 Å². The maximum Gasteiger partial charge on any atom is 0.322 e. The van der Waals surface area contributed by atoms with Crippen LogP contribution in [0, 0.1) is 6.92 Å². The largest absolute Gasteiger partial charge is 0.495 e. The molecule has 0 aliphatic heterocycles. The van der Waals surface area contributed by atoms with Crippen molar-refractivity contribution in [2.45, 2.75) is 13.5 Å². The predicted octanol–water partition coefficient (Wildman–Crippen LogP) is 3.68. The van der Waals surface area contributed by atoms with Gasteiger partial charge < -0.3 is 19.7 Å². The first-order valence-corrected chi connectivity index (χ1v) is 7.87. The van der Waals surface area contributed by atoms with Gasteiger partial charge in [-0.3, -0.25) is 0 Å². The van der Waals surface area contributed by atoms with Crippen molar-refractivity contribution >= 4 is 11.7 Å². The highest BCUT2D eigenvalue weighted by Gasteiger charge is 2.16. The Kier molecular flexibility index (Phi) is 6.63. The number of amides is 2. The molecule has 0 unspecified atom stereocenters. The summed E-state index contributed by atoms with van der Waals surface area (Å²) in [7, 11) is 3.22. The van der Waals surface area contributed by atoms with Crippen LogP contribution in [0.1, 0.15) is 11.1 Å². The molecule has 0 saturated carbocycles. The molecule has 2 aromatic rings. The zero-order valence-electron chi connectivity index (χ0n) is 14.4. The molecule has 0 fully saturated rings. The highest BCUT2D eigenvalue weighted by molar-refractivity contribution is 5.91. The normalized spacial score (nSPS) is 10.3. The molecule has 0 bridgehead atoms. The Morgan fingerprint density at radius 1 is 1.12 bits per heavy atom. The molecule has 1 N–H and O–H groups in total. The van der Waals surface area contributed by atoms with Crippen LogP contribution < -0.4 is 10.1 Å². The minimum Gasteiger partial charge on any atom is -0.495 e. The van der Waals surface area contributed by atoms with E-state index in [0.29, 0.717) is 31.1 Å². The third kappa shape index (κ3) is 4.99. The number of nitrogens with one attached hydrogen (secondary N) is 1. The average Bonchev–Trinajstić information content (AvgIpc) is 2.59. The van der Waals surface area contributed by atoms with Crippen LogP contribution in [0.25, 0.3) is 0 Å². The number of carbonyl (C=O) groups excluding carboxylic acids is 1. The number of nitrogens with zero attached hydrogens (tertiary/aromatic N) is 1. The van der Waals surface area contributed by atoms with Gasteiger partial charge >= 0.3 is 6.03 Å². The summed E-state index contributed by atoms with van der Waals surface area (Å²) in [6.45, 7) is 3.47. The van der Waals surface area contributed by atoms with Crippen molar-refractivity contribution < 1.29 is 14.3 Å². The van der Waals surface area contributed by atoms with Gasteiger partial charge in [-0.15, -0.1) is 0 Å².